The molecule has 18 heavy (non-hydrogen) atoms. The zero-order valence-corrected chi connectivity index (χ0v) is 12.0. The summed E-state index contributed by atoms with van der Waals surface area (Å²) in [6, 6.07) is 4.70. The summed E-state index contributed by atoms with van der Waals surface area (Å²) < 4.78 is 0. The fourth-order valence-corrected chi connectivity index (χ4v) is 2.75. The number of nitrogens with one attached hydrogen (secondary N) is 1. The van der Waals surface area contributed by atoms with Crippen molar-refractivity contribution < 1.29 is 4.79 Å². The summed E-state index contributed by atoms with van der Waals surface area (Å²) >= 11 is 0. The molecule has 3 heteroatoms. The van der Waals surface area contributed by atoms with Crippen LogP contribution >= 0.6 is 0 Å². The Kier molecular flexibility index (Phi) is 4.91. The first-order valence-corrected chi connectivity index (χ1v) is 6.43. The van der Waals surface area contributed by atoms with Crippen molar-refractivity contribution in [3.63, 3.8) is 0 Å². The summed E-state index contributed by atoms with van der Waals surface area (Å²) in [5, 5.41) is 3.43. The van der Waals surface area contributed by atoms with E-state index in [2.05, 4.69) is 45.1 Å². The third-order valence-corrected chi connectivity index (χ3v) is 3.21. The molecule has 1 aromatic carbocycles. The number of hydrogen-bond acceptors (Lipinski definition) is 2. The van der Waals surface area contributed by atoms with Gasteiger partial charge in [-0.15, -0.1) is 0 Å². The minimum atomic E-state index is -0.264. The molecule has 0 bridgehead atoms. The van der Waals surface area contributed by atoms with Crippen LogP contribution in [0.1, 0.15) is 48.6 Å². The lowest BCUT2D eigenvalue weighted by Gasteiger charge is -2.23. The molecule has 0 fully saturated rings. The molecular formula is C15H24N2O. The summed E-state index contributed by atoms with van der Waals surface area (Å²) in [4.78, 5) is 10.9. The van der Waals surface area contributed by atoms with E-state index < -0.39 is 0 Å². The predicted octanol–water partition coefficient (Wildman–Crippen LogP) is 2.53. The lowest BCUT2D eigenvalue weighted by molar-refractivity contribution is -0.118. The average molecular weight is 248 g/mol. The van der Waals surface area contributed by atoms with Gasteiger partial charge in [-0.05, 0) is 51.3 Å². The summed E-state index contributed by atoms with van der Waals surface area (Å²) in [6.07, 6.45) is 0.369. The Labute approximate surface area is 110 Å². The maximum atomic E-state index is 10.9. The molecule has 0 aromatic heterocycles. The van der Waals surface area contributed by atoms with Crippen molar-refractivity contribution in [2.24, 2.45) is 5.73 Å². The summed E-state index contributed by atoms with van der Waals surface area (Å²) in [5.41, 5.74) is 10.4. The highest BCUT2D eigenvalue weighted by Crippen LogP contribution is 2.23. The number of rotatable bonds is 5. The Morgan fingerprint density at radius 2 is 1.72 bits per heavy atom. The van der Waals surface area contributed by atoms with Gasteiger partial charge in [0, 0.05) is 18.5 Å². The molecule has 0 radical (unpaired) electrons. The van der Waals surface area contributed by atoms with Crippen LogP contribution in [-0.4, -0.2) is 11.9 Å². The minimum Gasteiger partial charge on any atom is -0.370 e. The van der Waals surface area contributed by atoms with E-state index in [0.717, 1.165) is 0 Å². The van der Waals surface area contributed by atoms with Crippen molar-refractivity contribution in [1.82, 2.24) is 5.32 Å². The van der Waals surface area contributed by atoms with Crippen molar-refractivity contribution in [2.45, 2.75) is 53.1 Å². The molecule has 0 heterocycles. The molecule has 1 rings (SSSR count). The molecule has 1 aromatic rings. The van der Waals surface area contributed by atoms with Crippen LogP contribution in [-0.2, 0) is 4.79 Å². The minimum absolute atomic E-state index is 0.0950. The first-order chi connectivity index (χ1) is 8.31. The summed E-state index contributed by atoms with van der Waals surface area (Å²) in [7, 11) is 0. The first kappa shape index (κ1) is 14.7. The molecule has 0 spiro atoms. The van der Waals surface area contributed by atoms with Gasteiger partial charge < -0.3 is 11.1 Å². The van der Waals surface area contributed by atoms with Crippen LogP contribution in [0.3, 0.4) is 0 Å². The second-order valence-electron chi connectivity index (χ2n) is 5.27. The van der Waals surface area contributed by atoms with Crippen LogP contribution in [0.15, 0.2) is 12.1 Å². The van der Waals surface area contributed by atoms with E-state index in [0.29, 0.717) is 6.42 Å². The van der Waals surface area contributed by atoms with Gasteiger partial charge in [0.05, 0.1) is 0 Å². The van der Waals surface area contributed by atoms with Crippen molar-refractivity contribution >= 4 is 5.91 Å². The molecule has 0 aliphatic carbocycles. The van der Waals surface area contributed by atoms with Gasteiger partial charge in [0.25, 0.3) is 0 Å². The van der Waals surface area contributed by atoms with E-state index in [1.807, 2.05) is 6.92 Å². The standard InChI is InChI=1S/C15H24N2O/c1-9-6-10(2)15(11(3)7-9)13(5)17-12(4)8-14(16)18/h6-7,12-13,17H,8H2,1-5H3,(H2,16,18). The smallest absolute Gasteiger partial charge is 0.218 e. The number of aryl methyl sites for hydroxylation is 3. The average Bonchev–Trinajstić information content (AvgIpc) is 2.12. The molecule has 2 unspecified atom stereocenters. The molecule has 2 atom stereocenters. The molecular weight excluding hydrogens is 224 g/mol. The number of carbonyl (C=O) groups excluding carboxylic acids is 1. The topological polar surface area (TPSA) is 55.1 Å². The molecule has 3 nitrogen and oxygen atoms in total. The Balaban J connectivity index is 2.84. The first-order valence-electron chi connectivity index (χ1n) is 6.43. The van der Waals surface area contributed by atoms with Gasteiger partial charge in [0.2, 0.25) is 5.91 Å². The van der Waals surface area contributed by atoms with Gasteiger partial charge in [-0.25, -0.2) is 0 Å². The number of benzene rings is 1. The SMILES string of the molecule is Cc1cc(C)c(C(C)NC(C)CC(N)=O)c(C)c1. The van der Waals surface area contributed by atoms with E-state index in [1.54, 1.807) is 0 Å². The van der Waals surface area contributed by atoms with Crippen LogP contribution < -0.4 is 11.1 Å². The molecule has 0 aliphatic heterocycles. The van der Waals surface area contributed by atoms with Crippen LogP contribution in [0.2, 0.25) is 0 Å². The molecule has 0 saturated carbocycles. The van der Waals surface area contributed by atoms with Gasteiger partial charge in [-0.3, -0.25) is 4.79 Å². The number of amides is 1. The fourth-order valence-electron chi connectivity index (χ4n) is 2.75. The lowest BCUT2D eigenvalue weighted by Crippen LogP contribution is -2.33. The van der Waals surface area contributed by atoms with Crippen LogP contribution in [0.5, 0.6) is 0 Å². The zero-order valence-electron chi connectivity index (χ0n) is 12.0. The second kappa shape index (κ2) is 6.01. The van der Waals surface area contributed by atoms with E-state index in [9.17, 15) is 4.79 Å². The zero-order chi connectivity index (χ0) is 13.9. The monoisotopic (exact) mass is 248 g/mol. The number of primary amides is 1. The highest BCUT2D eigenvalue weighted by atomic mass is 16.1. The second-order valence-corrected chi connectivity index (χ2v) is 5.27. The van der Waals surface area contributed by atoms with Crippen molar-refractivity contribution in [1.29, 1.82) is 0 Å². The molecule has 1 amide bonds. The normalized spacial score (nSPS) is 14.3. The summed E-state index contributed by atoms with van der Waals surface area (Å²) in [6.45, 7) is 10.5. The Morgan fingerprint density at radius 3 is 2.17 bits per heavy atom. The third kappa shape index (κ3) is 3.84. The number of hydrogen-bond donors (Lipinski definition) is 2. The summed E-state index contributed by atoms with van der Waals surface area (Å²) in [5.74, 6) is -0.264. The van der Waals surface area contributed by atoms with Crippen molar-refractivity contribution in [3.8, 4) is 0 Å². The Bertz CT molecular complexity index is 417. The van der Waals surface area contributed by atoms with Gasteiger partial charge in [-0.1, -0.05) is 17.7 Å². The number of nitrogens with two attached hydrogens (primary N) is 1. The fraction of sp³-hybridized carbons (Fsp3) is 0.533. The van der Waals surface area contributed by atoms with Crippen molar-refractivity contribution in [3.05, 3.63) is 34.4 Å². The molecule has 3 N–H and O–H groups in total. The maximum absolute atomic E-state index is 10.9. The Morgan fingerprint density at radius 1 is 1.22 bits per heavy atom. The van der Waals surface area contributed by atoms with Crippen LogP contribution in [0.25, 0.3) is 0 Å². The van der Waals surface area contributed by atoms with Gasteiger partial charge in [0.15, 0.2) is 0 Å². The Hall–Kier alpha value is -1.35. The molecule has 0 aliphatic rings. The highest BCUT2D eigenvalue weighted by Gasteiger charge is 2.15. The van der Waals surface area contributed by atoms with Gasteiger partial charge >= 0.3 is 0 Å². The van der Waals surface area contributed by atoms with E-state index >= 15 is 0 Å². The van der Waals surface area contributed by atoms with Crippen molar-refractivity contribution in [2.75, 3.05) is 0 Å². The van der Waals surface area contributed by atoms with Crippen LogP contribution in [0.4, 0.5) is 0 Å². The number of carbonyl (C=O) groups is 1. The van der Waals surface area contributed by atoms with E-state index in [-0.39, 0.29) is 18.0 Å². The van der Waals surface area contributed by atoms with E-state index in [4.69, 9.17) is 5.73 Å². The quantitative estimate of drug-likeness (QED) is 0.841. The van der Waals surface area contributed by atoms with E-state index in [1.165, 1.54) is 22.3 Å². The highest BCUT2D eigenvalue weighted by molar-refractivity contribution is 5.74. The van der Waals surface area contributed by atoms with Gasteiger partial charge in [-0.2, -0.15) is 0 Å². The third-order valence-electron chi connectivity index (χ3n) is 3.21. The predicted molar refractivity (Wildman–Crippen MR) is 75.5 cm³/mol. The largest absolute Gasteiger partial charge is 0.370 e. The lowest BCUT2D eigenvalue weighted by atomic mass is 9.94. The maximum Gasteiger partial charge on any atom is 0.218 e. The van der Waals surface area contributed by atoms with Crippen LogP contribution in [0, 0.1) is 20.8 Å². The molecule has 100 valence electrons. The molecule has 0 saturated heterocycles. The van der Waals surface area contributed by atoms with Gasteiger partial charge in [0.1, 0.15) is 0 Å².